The molecule has 0 radical (unpaired) electrons. The number of hydrogen-bond donors (Lipinski definition) is 0. The molecule has 0 unspecified atom stereocenters. The van der Waals surface area contributed by atoms with Gasteiger partial charge in [-0.05, 0) is 34.1 Å². The van der Waals surface area contributed by atoms with E-state index in [2.05, 4.69) is 15.9 Å². The van der Waals surface area contributed by atoms with Crippen molar-refractivity contribution in [1.82, 2.24) is 0 Å². The molecule has 82 valence electrons. The summed E-state index contributed by atoms with van der Waals surface area (Å²) in [6.45, 7) is 0. The van der Waals surface area contributed by atoms with Crippen molar-refractivity contribution >= 4 is 39.1 Å². The first-order valence-corrected chi connectivity index (χ1v) is 5.56. The van der Waals surface area contributed by atoms with Crippen LogP contribution in [0.2, 0.25) is 0 Å². The summed E-state index contributed by atoms with van der Waals surface area (Å²) in [5.74, 6) is -0.147. The smallest absolute Gasteiger partial charge is 0.206 e. The van der Waals surface area contributed by atoms with E-state index < -0.39 is 0 Å². The number of hydrogen-bond acceptors (Lipinski definition) is 3. The molecule has 0 atom stereocenters. The van der Waals surface area contributed by atoms with Crippen molar-refractivity contribution in [2.45, 2.75) is 0 Å². The van der Waals surface area contributed by atoms with Crippen LogP contribution >= 0.6 is 27.5 Å². The largest absolute Gasteiger partial charge is 0.497 e. The zero-order valence-electron chi connectivity index (χ0n) is 8.21. The minimum atomic E-state index is -0.373. The summed E-state index contributed by atoms with van der Waals surface area (Å²) < 4.78 is 5.10. The maximum Gasteiger partial charge on any atom is 0.206 e. The topological polar surface area (TPSA) is 43.4 Å². The van der Waals surface area contributed by atoms with Crippen LogP contribution in [0.4, 0.5) is 0 Å². The molecule has 1 aromatic carbocycles. The molecule has 5 heteroatoms. The van der Waals surface area contributed by atoms with Gasteiger partial charge in [-0.2, -0.15) is 0 Å². The van der Waals surface area contributed by atoms with Gasteiger partial charge in [0.15, 0.2) is 0 Å². The number of fused-ring (bicyclic) bond motifs is 1. The van der Waals surface area contributed by atoms with Gasteiger partial charge in [0.25, 0.3) is 0 Å². The highest BCUT2D eigenvalue weighted by Crippen LogP contribution is 2.33. The third-order valence-electron chi connectivity index (χ3n) is 2.31. The van der Waals surface area contributed by atoms with Crippen molar-refractivity contribution in [2.75, 3.05) is 7.11 Å². The normalized spacial score (nSPS) is 15.2. The first kappa shape index (κ1) is 11.4. The molecule has 0 saturated heterocycles. The lowest BCUT2D eigenvalue weighted by Crippen LogP contribution is -2.17. The number of carbonyl (C=O) groups is 2. The molecular weight excluding hydrogens is 295 g/mol. The van der Waals surface area contributed by atoms with Crippen molar-refractivity contribution < 1.29 is 14.3 Å². The second-order valence-electron chi connectivity index (χ2n) is 3.20. The van der Waals surface area contributed by atoms with Crippen molar-refractivity contribution in [3.63, 3.8) is 0 Å². The summed E-state index contributed by atoms with van der Waals surface area (Å²) in [5, 5.41) is -0.0919. The van der Waals surface area contributed by atoms with Crippen LogP contribution in [0.25, 0.3) is 0 Å². The molecule has 2 rings (SSSR count). The van der Waals surface area contributed by atoms with Crippen molar-refractivity contribution in [2.24, 2.45) is 0 Å². The average molecular weight is 302 g/mol. The fourth-order valence-corrected chi connectivity index (χ4v) is 2.05. The number of carbonyl (C=O) groups excluding carboxylic acids is 2. The summed E-state index contributed by atoms with van der Waals surface area (Å²) in [7, 11) is 1.49. The standard InChI is InChI=1S/C11H6BrClO3/c1-16-5-2-3-6-7(4-5)11(15)9(13)8(12)10(6)14/h2-4H,1H3. The first-order chi connectivity index (χ1) is 7.56. The Morgan fingerprint density at radius 1 is 1.19 bits per heavy atom. The number of benzene rings is 1. The molecule has 1 aliphatic carbocycles. The van der Waals surface area contributed by atoms with E-state index in [0.717, 1.165) is 0 Å². The highest BCUT2D eigenvalue weighted by atomic mass is 79.9. The molecule has 16 heavy (non-hydrogen) atoms. The van der Waals surface area contributed by atoms with Crippen LogP contribution in [-0.4, -0.2) is 18.7 Å². The summed E-state index contributed by atoms with van der Waals surface area (Å²) in [4.78, 5) is 23.6. The van der Waals surface area contributed by atoms with Crippen molar-refractivity contribution in [3.8, 4) is 5.75 Å². The van der Waals surface area contributed by atoms with E-state index in [9.17, 15) is 9.59 Å². The lowest BCUT2D eigenvalue weighted by molar-refractivity contribution is 0.0988. The Hall–Kier alpha value is -1.13. The van der Waals surface area contributed by atoms with Crippen LogP contribution in [0.1, 0.15) is 20.7 Å². The molecule has 1 aliphatic rings. The van der Waals surface area contributed by atoms with Gasteiger partial charge >= 0.3 is 0 Å². The van der Waals surface area contributed by atoms with Crippen LogP contribution in [-0.2, 0) is 0 Å². The summed E-state index contributed by atoms with van der Waals surface area (Å²) in [5.41, 5.74) is 0.611. The summed E-state index contributed by atoms with van der Waals surface area (Å²) >= 11 is 8.77. The second kappa shape index (κ2) is 4.03. The third kappa shape index (κ3) is 1.58. The summed E-state index contributed by atoms with van der Waals surface area (Å²) in [6, 6.07) is 4.69. The number of rotatable bonds is 1. The molecule has 0 aliphatic heterocycles. The van der Waals surface area contributed by atoms with Crippen molar-refractivity contribution in [1.29, 1.82) is 0 Å². The van der Waals surface area contributed by atoms with E-state index in [1.54, 1.807) is 12.1 Å². The zero-order valence-corrected chi connectivity index (χ0v) is 10.6. The number of halogens is 2. The predicted octanol–water partition coefficient (Wildman–Crippen LogP) is 2.92. The molecule has 3 nitrogen and oxygen atoms in total. The van der Waals surface area contributed by atoms with Gasteiger partial charge in [-0.3, -0.25) is 9.59 Å². The fraction of sp³-hybridized carbons (Fsp3) is 0.0909. The minimum Gasteiger partial charge on any atom is -0.497 e. The van der Waals surface area contributed by atoms with E-state index >= 15 is 0 Å². The van der Waals surface area contributed by atoms with Crippen LogP contribution in [0.3, 0.4) is 0 Å². The predicted molar refractivity (Wildman–Crippen MR) is 63.5 cm³/mol. The van der Waals surface area contributed by atoms with Gasteiger partial charge in [-0.1, -0.05) is 11.6 Å². The SMILES string of the molecule is COc1ccc2c(c1)C(=O)C(Cl)=C(Br)C2=O. The number of Topliss-reactive ketones (excluding diaryl/α,β-unsaturated/α-hetero) is 2. The maximum absolute atomic E-state index is 11.8. The molecule has 0 spiro atoms. The average Bonchev–Trinajstić information content (AvgIpc) is 2.33. The van der Waals surface area contributed by atoms with Crippen LogP contribution < -0.4 is 4.74 Å². The van der Waals surface area contributed by atoms with Crippen molar-refractivity contribution in [3.05, 3.63) is 38.8 Å². The van der Waals surface area contributed by atoms with Gasteiger partial charge in [0, 0.05) is 11.1 Å². The van der Waals surface area contributed by atoms with Gasteiger partial charge in [0.05, 0.1) is 11.6 Å². The molecule has 0 N–H and O–H groups in total. The second-order valence-corrected chi connectivity index (χ2v) is 4.37. The van der Waals surface area contributed by atoms with E-state index in [4.69, 9.17) is 16.3 Å². The van der Waals surface area contributed by atoms with E-state index in [1.165, 1.54) is 13.2 Å². The van der Waals surface area contributed by atoms with E-state index in [-0.39, 0.29) is 26.6 Å². The Bertz CT molecular complexity index is 534. The van der Waals surface area contributed by atoms with Crippen LogP contribution in [0, 0.1) is 0 Å². The Kier molecular flexibility index (Phi) is 2.86. The molecule has 0 aromatic heterocycles. The molecule has 0 bridgehead atoms. The Labute approximate surface area is 105 Å². The quantitative estimate of drug-likeness (QED) is 0.801. The third-order valence-corrected chi connectivity index (χ3v) is 3.65. The Morgan fingerprint density at radius 2 is 1.88 bits per heavy atom. The molecule has 0 amide bonds. The van der Waals surface area contributed by atoms with Crippen LogP contribution in [0.5, 0.6) is 5.75 Å². The summed E-state index contributed by atoms with van der Waals surface area (Å²) in [6.07, 6.45) is 0. The van der Waals surface area contributed by atoms with Gasteiger partial charge in [-0.15, -0.1) is 0 Å². The Balaban J connectivity index is 2.67. The highest BCUT2D eigenvalue weighted by molar-refractivity contribution is 9.12. The molecule has 0 saturated carbocycles. The number of ketones is 2. The molecule has 1 aromatic rings. The van der Waals surface area contributed by atoms with Gasteiger partial charge in [0.1, 0.15) is 10.8 Å². The van der Waals surface area contributed by atoms with E-state index in [0.29, 0.717) is 11.3 Å². The number of ether oxygens (including phenoxy) is 1. The number of allylic oxidation sites excluding steroid dienone is 2. The number of methoxy groups -OCH3 is 1. The molecule has 0 fully saturated rings. The first-order valence-electron chi connectivity index (χ1n) is 4.39. The van der Waals surface area contributed by atoms with E-state index in [1.807, 2.05) is 0 Å². The highest BCUT2D eigenvalue weighted by Gasteiger charge is 2.30. The van der Waals surface area contributed by atoms with Crippen LogP contribution in [0.15, 0.2) is 27.7 Å². The maximum atomic E-state index is 11.8. The van der Waals surface area contributed by atoms with Gasteiger partial charge in [0.2, 0.25) is 11.6 Å². The van der Waals surface area contributed by atoms with Gasteiger partial charge in [-0.25, -0.2) is 0 Å². The molecular formula is C11H6BrClO3. The lowest BCUT2D eigenvalue weighted by Gasteiger charge is -2.14. The molecule has 0 heterocycles. The fourth-order valence-electron chi connectivity index (χ4n) is 1.47. The minimum absolute atomic E-state index is 0.0919. The monoisotopic (exact) mass is 300 g/mol. The Morgan fingerprint density at radius 3 is 2.50 bits per heavy atom. The van der Waals surface area contributed by atoms with Gasteiger partial charge < -0.3 is 4.74 Å². The zero-order chi connectivity index (χ0) is 11.9. The lowest BCUT2D eigenvalue weighted by atomic mass is 9.94.